The number of phenols is 1. The average Bonchev–Trinajstić information content (AvgIpc) is 2.86. The lowest BCUT2D eigenvalue weighted by Gasteiger charge is -2.11. The minimum Gasteiger partial charge on any atom is -0.507 e. The second kappa shape index (κ2) is 11.3. The van der Waals surface area contributed by atoms with Crippen molar-refractivity contribution in [2.24, 2.45) is 5.10 Å². The Bertz CT molecular complexity index is 1240. The maximum absolute atomic E-state index is 12.9. The fourth-order valence-corrected chi connectivity index (χ4v) is 3.06. The van der Waals surface area contributed by atoms with Crippen molar-refractivity contribution in [3.63, 3.8) is 0 Å². The first-order valence-electron chi connectivity index (χ1n) is 10.3. The Balaban J connectivity index is 1.88. The van der Waals surface area contributed by atoms with Gasteiger partial charge >= 0.3 is 0 Å². The molecule has 0 radical (unpaired) electrons. The van der Waals surface area contributed by atoms with Crippen LogP contribution in [-0.2, 0) is 4.79 Å². The third-order valence-electron chi connectivity index (χ3n) is 4.89. The van der Waals surface area contributed by atoms with Crippen molar-refractivity contribution in [1.29, 1.82) is 0 Å². The van der Waals surface area contributed by atoms with E-state index in [-0.39, 0.29) is 11.4 Å². The van der Waals surface area contributed by atoms with E-state index in [4.69, 9.17) is 9.47 Å². The monoisotopic (exact) mass is 459 g/mol. The third kappa shape index (κ3) is 6.01. The number of carbonyl (C=O) groups is 2. The van der Waals surface area contributed by atoms with Gasteiger partial charge in [0.15, 0.2) is 11.5 Å². The largest absolute Gasteiger partial charge is 0.507 e. The van der Waals surface area contributed by atoms with E-state index in [9.17, 15) is 14.7 Å². The molecule has 3 aromatic carbocycles. The fourth-order valence-electron chi connectivity index (χ4n) is 3.06. The second-order valence-electron chi connectivity index (χ2n) is 7.20. The van der Waals surface area contributed by atoms with E-state index in [1.54, 1.807) is 73.7 Å². The fraction of sp³-hybridized carbons (Fsp3) is 0.115. The van der Waals surface area contributed by atoms with E-state index in [0.717, 1.165) is 0 Å². The molecule has 174 valence electrons. The van der Waals surface area contributed by atoms with Gasteiger partial charge in [0.25, 0.3) is 11.8 Å². The quantitative estimate of drug-likeness (QED) is 0.271. The number of ether oxygens (including phenoxy) is 2. The van der Waals surface area contributed by atoms with E-state index in [0.29, 0.717) is 33.8 Å². The molecule has 0 aliphatic heterocycles. The topological polar surface area (TPSA) is 109 Å². The number of nitrogens with one attached hydrogen (secondary N) is 2. The van der Waals surface area contributed by atoms with Gasteiger partial charge in [-0.1, -0.05) is 36.4 Å². The van der Waals surface area contributed by atoms with Crippen LogP contribution in [0.4, 0.5) is 0 Å². The third-order valence-corrected chi connectivity index (χ3v) is 4.89. The first-order valence-corrected chi connectivity index (χ1v) is 10.3. The molecule has 0 atom stereocenters. The molecule has 0 heterocycles. The highest BCUT2D eigenvalue weighted by Gasteiger charge is 2.15. The number of hydrogen-bond donors (Lipinski definition) is 3. The maximum atomic E-state index is 12.9. The van der Waals surface area contributed by atoms with Crippen molar-refractivity contribution in [1.82, 2.24) is 10.7 Å². The number of benzene rings is 3. The van der Waals surface area contributed by atoms with Crippen LogP contribution in [-0.4, -0.2) is 37.4 Å². The van der Waals surface area contributed by atoms with Gasteiger partial charge in [-0.2, -0.15) is 5.10 Å². The molecule has 0 unspecified atom stereocenters. The van der Waals surface area contributed by atoms with Crippen LogP contribution in [0.1, 0.15) is 27.0 Å². The zero-order valence-corrected chi connectivity index (χ0v) is 19.0. The van der Waals surface area contributed by atoms with Gasteiger partial charge in [0.1, 0.15) is 11.4 Å². The molecule has 0 aliphatic rings. The number of rotatable bonds is 8. The summed E-state index contributed by atoms with van der Waals surface area (Å²) in [7, 11) is 3.03. The van der Waals surface area contributed by atoms with Crippen molar-refractivity contribution in [2.75, 3.05) is 14.2 Å². The first kappa shape index (κ1) is 24.1. The number of methoxy groups -OCH3 is 2. The summed E-state index contributed by atoms with van der Waals surface area (Å²) in [5.41, 5.74) is 4.46. The van der Waals surface area contributed by atoms with Crippen LogP contribution in [0.25, 0.3) is 6.08 Å². The molecule has 3 aromatic rings. The van der Waals surface area contributed by atoms with Crippen molar-refractivity contribution in [3.8, 4) is 17.2 Å². The number of hydrogen-bond acceptors (Lipinski definition) is 6. The number of aromatic hydroxyl groups is 1. The van der Waals surface area contributed by atoms with Gasteiger partial charge in [-0.05, 0) is 54.5 Å². The van der Waals surface area contributed by atoms with E-state index >= 15 is 0 Å². The predicted molar refractivity (Wildman–Crippen MR) is 130 cm³/mol. The molecule has 0 fully saturated rings. The molecule has 0 spiro atoms. The smallest absolute Gasteiger partial charge is 0.287 e. The van der Waals surface area contributed by atoms with E-state index in [1.165, 1.54) is 26.5 Å². The summed E-state index contributed by atoms with van der Waals surface area (Å²) in [5, 5.41) is 16.7. The number of hydrazone groups is 1. The number of nitrogens with zero attached hydrogens (tertiary/aromatic N) is 1. The lowest BCUT2D eigenvalue weighted by Crippen LogP contribution is -2.32. The molecule has 3 N–H and O–H groups in total. The minimum atomic E-state index is -0.651. The second-order valence-corrected chi connectivity index (χ2v) is 7.20. The highest BCUT2D eigenvalue weighted by molar-refractivity contribution is 6.05. The molecule has 0 bridgehead atoms. The lowest BCUT2D eigenvalue weighted by molar-refractivity contribution is -0.117. The summed E-state index contributed by atoms with van der Waals surface area (Å²) >= 11 is 0. The Morgan fingerprint density at radius 2 is 1.68 bits per heavy atom. The first-order chi connectivity index (χ1) is 16.4. The molecule has 0 aliphatic carbocycles. The van der Waals surface area contributed by atoms with Gasteiger partial charge in [0.2, 0.25) is 0 Å². The summed E-state index contributed by atoms with van der Waals surface area (Å²) < 4.78 is 10.6. The van der Waals surface area contributed by atoms with Crippen LogP contribution in [0.3, 0.4) is 0 Å². The highest BCUT2D eigenvalue weighted by Crippen LogP contribution is 2.28. The number of amides is 2. The molecule has 8 heteroatoms. The van der Waals surface area contributed by atoms with Gasteiger partial charge in [-0.25, -0.2) is 5.43 Å². The summed E-state index contributed by atoms with van der Waals surface area (Å²) in [6.07, 6.45) is 2.82. The molecular formula is C26H25N3O5. The Labute approximate surface area is 197 Å². The molecule has 0 saturated carbocycles. The van der Waals surface area contributed by atoms with Crippen LogP contribution in [0.5, 0.6) is 17.2 Å². The van der Waals surface area contributed by atoms with Gasteiger partial charge in [-0.15, -0.1) is 0 Å². The highest BCUT2D eigenvalue weighted by atomic mass is 16.5. The molecule has 2 amide bonds. The van der Waals surface area contributed by atoms with Gasteiger partial charge in [0.05, 0.1) is 20.4 Å². The zero-order chi connectivity index (χ0) is 24.5. The van der Waals surface area contributed by atoms with Crippen LogP contribution >= 0.6 is 0 Å². The van der Waals surface area contributed by atoms with Gasteiger partial charge in [0, 0.05) is 11.1 Å². The summed E-state index contributed by atoms with van der Waals surface area (Å²) in [4.78, 5) is 25.6. The molecule has 0 saturated heterocycles. The normalized spacial score (nSPS) is 11.2. The van der Waals surface area contributed by atoms with E-state index < -0.39 is 11.8 Å². The Hall–Kier alpha value is -4.59. The number of para-hydroxylation sites is 1. The van der Waals surface area contributed by atoms with Crippen molar-refractivity contribution >= 4 is 24.1 Å². The van der Waals surface area contributed by atoms with Gasteiger partial charge in [-0.3, -0.25) is 9.59 Å². The van der Waals surface area contributed by atoms with Crippen molar-refractivity contribution in [3.05, 3.63) is 94.7 Å². The summed E-state index contributed by atoms with van der Waals surface area (Å²) in [6, 6.07) is 18.8. The van der Waals surface area contributed by atoms with Crippen LogP contribution in [0.15, 0.2) is 77.5 Å². The summed E-state index contributed by atoms with van der Waals surface area (Å²) in [5.74, 6) is -0.0379. The standard InChI is InChI=1S/C26H25N3O5/c1-17-8-7-11-20(24(17)30)16-27-29-26(32)21(28-25(31)19-9-5-4-6-10-19)14-18-12-13-22(33-2)23(15-18)34-3/h4-16,30H,1-3H3,(H,28,31)(H,29,32)/b21-14-,27-16+. The SMILES string of the molecule is COc1ccc(/C=C(\NC(=O)c2ccccc2)C(=O)N/N=C/c2cccc(C)c2O)cc1OC. The molecule has 0 aromatic heterocycles. The van der Waals surface area contributed by atoms with E-state index in [1.807, 2.05) is 0 Å². The average molecular weight is 460 g/mol. The minimum absolute atomic E-state index is 0.0355. The number of aryl methyl sites for hydroxylation is 1. The Morgan fingerprint density at radius 3 is 2.38 bits per heavy atom. The summed E-state index contributed by atoms with van der Waals surface area (Å²) in [6.45, 7) is 1.76. The zero-order valence-electron chi connectivity index (χ0n) is 19.0. The number of phenolic OH excluding ortho intramolecular Hbond substituents is 1. The lowest BCUT2D eigenvalue weighted by atomic mass is 10.1. The van der Waals surface area contributed by atoms with Crippen LogP contribution in [0, 0.1) is 6.92 Å². The van der Waals surface area contributed by atoms with Crippen molar-refractivity contribution in [2.45, 2.75) is 6.92 Å². The van der Waals surface area contributed by atoms with Crippen LogP contribution < -0.4 is 20.2 Å². The van der Waals surface area contributed by atoms with Gasteiger partial charge < -0.3 is 19.9 Å². The molecule has 3 rings (SSSR count). The molecule has 8 nitrogen and oxygen atoms in total. The van der Waals surface area contributed by atoms with Crippen LogP contribution in [0.2, 0.25) is 0 Å². The van der Waals surface area contributed by atoms with E-state index in [2.05, 4.69) is 15.8 Å². The molecule has 34 heavy (non-hydrogen) atoms. The Morgan fingerprint density at radius 1 is 0.941 bits per heavy atom. The maximum Gasteiger partial charge on any atom is 0.287 e. The van der Waals surface area contributed by atoms with Crippen molar-refractivity contribution < 1.29 is 24.2 Å². The molecular weight excluding hydrogens is 434 g/mol. The predicted octanol–water partition coefficient (Wildman–Crippen LogP) is 3.64. The number of carbonyl (C=O) groups excluding carboxylic acids is 2. The Kier molecular flexibility index (Phi) is 8.02.